The molecule has 0 aliphatic heterocycles. The van der Waals surface area contributed by atoms with Crippen LogP contribution in [0.25, 0.3) is 0 Å². The van der Waals surface area contributed by atoms with Crippen molar-refractivity contribution in [3.63, 3.8) is 0 Å². The topological polar surface area (TPSA) is 26.0 Å². The summed E-state index contributed by atoms with van der Waals surface area (Å²) in [5.74, 6) is 0. The van der Waals surface area contributed by atoms with E-state index in [-0.39, 0.29) is 21.3 Å². The number of halogens is 5. The molecule has 1 aromatic carbocycles. The standard InChI is InChI=1S/C7H4Cl2F3NS3/c8-4-1-3(2-5(9)6(4)13)7(14-10,15-11)16-12/h1-2H,13H2. The highest BCUT2D eigenvalue weighted by Gasteiger charge is 2.39. The summed E-state index contributed by atoms with van der Waals surface area (Å²) in [5.41, 5.74) is 5.50. The molecule has 2 N–H and O–H groups in total. The molecule has 0 fully saturated rings. The average molecular weight is 326 g/mol. The van der Waals surface area contributed by atoms with Crippen LogP contribution >= 0.6 is 59.6 Å². The Morgan fingerprint density at radius 1 is 1.00 bits per heavy atom. The number of hydrogen-bond acceptors (Lipinski definition) is 4. The molecule has 0 amide bonds. The van der Waals surface area contributed by atoms with Gasteiger partial charge in [0.1, 0.15) is 0 Å². The Morgan fingerprint density at radius 2 is 1.38 bits per heavy atom. The summed E-state index contributed by atoms with van der Waals surface area (Å²) in [7, 11) is 0. The normalized spacial score (nSPS) is 11.8. The Bertz CT molecular complexity index is 358. The lowest BCUT2D eigenvalue weighted by Crippen LogP contribution is -2.08. The fourth-order valence-electron chi connectivity index (χ4n) is 0.930. The van der Waals surface area contributed by atoms with Gasteiger partial charge in [-0.3, -0.25) is 0 Å². The Hall–Kier alpha value is 0.440. The van der Waals surface area contributed by atoms with E-state index in [4.69, 9.17) is 28.9 Å². The third kappa shape index (κ3) is 2.64. The van der Waals surface area contributed by atoms with Crippen LogP contribution < -0.4 is 5.73 Å². The Labute approximate surface area is 113 Å². The van der Waals surface area contributed by atoms with Crippen LogP contribution in [0.1, 0.15) is 5.56 Å². The zero-order chi connectivity index (χ0) is 12.3. The minimum Gasteiger partial charge on any atom is -0.396 e. The Kier molecular flexibility index (Phi) is 5.31. The first-order valence-corrected chi connectivity index (χ1v) is 6.55. The van der Waals surface area contributed by atoms with E-state index in [1.54, 1.807) is 0 Å². The molecule has 0 saturated carbocycles. The quantitative estimate of drug-likeness (QED) is 0.580. The Balaban J connectivity index is 3.31. The molecule has 0 unspecified atom stereocenters. The summed E-state index contributed by atoms with van der Waals surface area (Å²) in [6, 6.07) is 2.35. The summed E-state index contributed by atoms with van der Waals surface area (Å²) in [5, 5.41) is 0.0352. The van der Waals surface area contributed by atoms with Crippen molar-refractivity contribution >= 4 is 65.3 Å². The molecule has 0 heterocycles. The van der Waals surface area contributed by atoms with Gasteiger partial charge < -0.3 is 5.73 Å². The van der Waals surface area contributed by atoms with Crippen molar-refractivity contribution in [1.29, 1.82) is 0 Å². The van der Waals surface area contributed by atoms with Crippen LogP contribution in [0.3, 0.4) is 0 Å². The molecule has 16 heavy (non-hydrogen) atoms. The smallest absolute Gasteiger partial charge is 0.224 e. The average Bonchev–Trinajstić information content (AvgIpc) is 2.29. The maximum atomic E-state index is 12.6. The molecule has 0 atom stereocenters. The highest BCUT2D eigenvalue weighted by atomic mass is 35.5. The number of nitrogens with two attached hydrogens (primary N) is 1. The molecular formula is C7H4Cl2F3NS3. The number of nitrogen functional groups attached to an aromatic ring is 1. The van der Waals surface area contributed by atoms with Gasteiger partial charge in [0.15, 0.2) is 0 Å². The van der Waals surface area contributed by atoms with E-state index in [0.29, 0.717) is 0 Å². The molecule has 0 saturated heterocycles. The SMILES string of the molecule is Nc1c(Cl)cc(C(SF)(SF)SF)cc1Cl. The van der Waals surface area contributed by atoms with Gasteiger partial charge in [0.2, 0.25) is 3.41 Å². The van der Waals surface area contributed by atoms with Crippen molar-refractivity contribution in [3.05, 3.63) is 27.7 Å². The maximum Gasteiger partial charge on any atom is 0.224 e. The second-order valence-electron chi connectivity index (χ2n) is 2.64. The summed E-state index contributed by atoms with van der Waals surface area (Å²) < 4.78 is 35.8. The monoisotopic (exact) mass is 325 g/mol. The van der Waals surface area contributed by atoms with Gasteiger partial charge in [-0.15, -0.1) is 0 Å². The fraction of sp³-hybridized carbons (Fsp3) is 0.143. The molecule has 0 bridgehead atoms. The molecule has 90 valence electrons. The zero-order valence-electron chi connectivity index (χ0n) is 7.35. The zero-order valence-corrected chi connectivity index (χ0v) is 11.3. The molecule has 1 aromatic rings. The minimum absolute atomic E-state index is 0.0176. The molecule has 0 spiro atoms. The number of rotatable bonds is 4. The summed E-state index contributed by atoms with van der Waals surface area (Å²) in [6.45, 7) is 0. The van der Waals surface area contributed by atoms with E-state index < -0.39 is 39.9 Å². The van der Waals surface area contributed by atoms with Gasteiger partial charge in [-0.1, -0.05) is 23.2 Å². The van der Waals surface area contributed by atoms with E-state index in [1.165, 1.54) is 12.1 Å². The molecule has 0 aromatic heterocycles. The van der Waals surface area contributed by atoms with Crippen LogP contribution in [-0.4, -0.2) is 0 Å². The van der Waals surface area contributed by atoms with Gasteiger partial charge in [0.25, 0.3) is 0 Å². The van der Waals surface area contributed by atoms with Gasteiger partial charge in [-0.25, -0.2) is 0 Å². The van der Waals surface area contributed by atoms with Crippen LogP contribution in [0.4, 0.5) is 17.3 Å². The van der Waals surface area contributed by atoms with Crippen molar-refractivity contribution in [1.82, 2.24) is 0 Å². The molecule has 9 heteroatoms. The van der Waals surface area contributed by atoms with E-state index in [9.17, 15) is 11.7 Å². The molecule has 0 aliphatic carbocycles. The molecule has 0 radical (unpaired) electrons. The van der Waals surface area contributed by atoms with Crippen LogP contribution in [0.5, 0.6) is 0 Å². The third-order valence-electron chi connectivity index (χ3n) is 1.74. The highest BCUT2D eigenvalue weighted by molar-refractivity contribution is 8.28. The lowest BCUT2D eigenvalue weighted by molar-refractivity contribution is 0.874. The van der Waals surface area contributed by atoms with Crippen LogP contribution in [0.15, 0.2) is 12.1 Å². The molecular weight excluding hydrogens is 322 g/mol. The van der Waals surface area contributed by atoms with E-state index >= 15 is 0 Å². The van der Waals surface area contributed by atoms with Crippen LogP contribution in [0, 0.1) is 0 Å². The van der Waals surface area contributed by atoms with Crippen LogP contribution in [-0.2, 0) is 3.41 Å². The van der Waals surface area contributed by atoms with Crippen LogP contribution in [0.2, 0.25) is 10.0 Å². The third-order valence-corrected chi connectivity index (χ3v) is 4.81. The fourth-order valence-corrected chi connectivity index (χ4v) is 2.32. The summed E-state index contributed by atoms with van der Waals surface area (Å²) in [4.78, 5) is 0. The van der Waals surface area contributed by atoms with E-state index in [0.717, 1.165) is 0 Å². The highest BCUT2D eigenvalue weighted by Crippen LogP contribution is 2.57. The number of anilines is 1. The van der Waals surface area contributed by atoms with Gasteiger partial charge in [-0.05, 0) is 17.7 Å². The molecule has 1 nitrogen and oxygen atoms in total. The lowest BCUT2D eigenvalue weighted by Gasteiger charge is -2.20. The van der Waals surface area contributed by atoms with E-state index in [2.05, 4.69) is 0 Å². The Morgan fingerprint density at radius 3 is 1.69 bits per heavy atom. The number of benzene rings is 1. The molecule has 1 rings (SSSR count). The van der Waals surface area contributed by atoms with E-state index in [1.807, 2.05) is 0 Å². The van der Waals surface area contributed by atoms with Gasteiger partial charge >= 0.3 is 0 Å². The minimum atomic E-state index is -2.08. The predicted molar refractivity (Wildman–Crippen MR) is 68.6 cm³/mol. The summed E-state index contributed by atoms with van der Waals surface area (Å²) in [6.07, 6.45) is 0. The first-order valence-electron chi connectivity index (χ1n) is 3.65. The van der Waals surface area contributed by atoms with Gasteiger partial charge in [0, 0.05) is 0 Å². The lowest BCUT2D eigenvalue weighted by atomic mass is 10.2. The summed E-state index contributed by atoms with van der Waals surface area (Å²) >= 11 is 9.92. The second kappa shape index (κ2) is 5.86. The second-order valence-corrected chi connectivity index (χ2v) is 6.53. The van der Waals surface area contributed by atoms with Crippen molar-refractivity contribution < 1.29 is 11.7 Å². The molecule has 0 aliphatic rings. The largest absolute Gasteiger partial charge is 0.396 e. The van der Waals surface area contributed by atoms with Crippen molar-refractivity contribution in [2.24, 2.45) is 0 Å². The first kappa shape index (κ1) is 14.5. The van der Waals surface area contributed by atoms with Crippen molar-refractivity contribution in [2.75, 3.05) is 5.73 Å². The van der Waals surface area contributed by atoms with Crippen molar-refractivity contribution in [2.45, 2.75) is 3.41 Å². The van der Waals surface area contributed by atoms with Crippen molar-refractivity contribution in [3.8, 4) is 0 Å². The first-order chi connectivity index (χ1) is 7.50. The predicted octanol–water partition coefficient (Wildman–Crippen LogP) is 5.54. The number of hydrogen-bond donors (Lipinski definition) is 1. The van der Waals surface area contributed by atoms with Gasteiger partial charge in [-0.2, -0.15) is 11.7 Å². The van der Waals surface area contributed by atoms with Gasteiger partial charge in [0.05, 0.1) is 52.2 Å². The maximum absolute atomic E-state index is 12.6.